The predicted molar refractivity (Wildman–Crippen MR) is 81.7 cm³/mol. The van der Waals surface area contributed by atoms with E-state index in [-0.39, 0.29) is 0 Å². The van der Waals surface area contributed by atoms with E-state index in [1.54, 1.807) is 0 Å². The molecule has 1 aliphatic heterocycles. The van der Waals surface area contributed by atoms with Crippen molar-refractivity contribution in [3.8, 4) is 0 Å². The summed E-state index contributed by atoms with van der Waals surface area (Å²) in [5, 5.41) is 6.32. The Bertz CT molecular complexity index is 552. The van der Waals surface area contributed by atoms with Gasteiger partial charge in [0, 0.05) is 25.4 Å². The van der Waals surface area contributed by atoms with Gasteiger partial charge in [-0.2, -0.15) is 0 Å². The van der Waals surface area contributed by atoms with Crippen molar-refractivity contribution in [3.05, 3.63) is 17.4 Å². The van der Waals surface area contributed by atoms with Gasteiger partial charge in [0.15, 0.2) is 5.82 Å². The lowest BCUT2D eigenvalue weighted by Crippen LogP contribution is -2.18. The number of pyridine rings is 1. The van der Waals surface area contributed by atoms with Crippen LogP contribution in [0.4, 0.5) is 5.82 Å². The minimum Gasteiger partial charge on any atom is -0.355 e. The zero-order valence-corrected chi connectivity index (χ0v) is 12.9. The first-order valence-electron chi connectivity index (χ1n) is 5.45. The highest BCUT2D eigenvalue weighted by Gasteiger charge is 2.20. The third-order valence-electron chi connectivity index (χ3n) is 3.00. The number of rotatable bonds is 2. The molecule has 7 heteroatoms. The van der Waals surface area contributed by atoms with Crippen molar-refractivity contribution in [2.24, 2.45) is 0 Å². The number of halogens is 2. The van der Waals surface area contributed by atoms with Crippen LogP contribution >= 0.6 is 40.0 Å². The topological polar surface area (TPSA) is 34.0 Å². The fourth-order valence-corrected chi connectivity index (χ4v) is 3.86. The Balaban J connectivity index is 2.17. The smallest absolute Gasteiger partial charge is 0.160 e. The van der Waals surface area contributed by atoms with Gasteiger partial charge in [0.25, 0.3) is 0 Å². The number of hydrogen-bond acceptors (Lipinski definition) is 3. The number of hydrogen-bond donors (Lipinski definition) is 0. The molecule has 1 fully saturated rings. The van der Waals surface area contributed by atoms with Crippen LogP contribution < -0.4 is 4.90 Å². The van der Waals surface area contributed by atoms with Crippen molar-refractivity contribution in [1.29, 1.82) is 0 Å². The molecule has 0 saturated carbocycles. The fraction of sp³-hybridized carbons (Fsp3) is 0.400. The molecule has 0 aliphatic carbocycles. The second-order valence-corrected chi connectivity index (χ2v) is 6.47. The van der Waals surface area contributed by atoms with E-state index in [1.807, 2.05) is 16.7 Å². The van der Waals surface area contributed by atoms with Crippen molar-refractivity contribution < 1.29 is 0 Å². The summed E-state index contributed by atoms with van der Waals surface area (Å²) in [5.74, 6) is 1.06. The quantitative estimate of drug-likeness (QED) is 0.454. The zero-order valence-electron chi connectivity index (χ0n) is 9.03. The lowest BCUT2D eigenvalue weighted by Gasteiger charge is -2.13. The summed E-state index contributed by atoms with van der Waals surface area (Å²) in [5.41, 5.74) is 1.08. The average Bonchev–Trinajstić information content (AvgIpc) is 2.94. The van der Waals surface area contributed by atoms with E-state index in [1.165, 1.54) is 12.8 Å². The molecule has 0 radical (unpaired) electrons. The molecule has 0 spiro atoms. The van der Waals surface area contributed by atoms with E-state index < -0.39 is 0 Å². The van der Waals surface area contributed by atoms with Gasteiger partial charge in [-0.15, -0.1) is 5.10 Å². The molecule has 2 aromatic rings. The maximum absolute atomic E-state index is 5.95. The van der Waals surface area contributed by atoms with Gasteiger partial charge in [-0.25, -0.2) is 9.44 Å². The SMILES string of the molecule is Clc1cc2c(cn1)c(N1CCCC1)nn2PI. The molecule has 1 saturated heterocycles. The Morgan fingerprint density at radius 3 is 2.82 bits per heavy atom. The third kappa shape index (κ3) is 2.13. The summed E-state index contributed by atoms with van der Waals surface area (Å²) in [4.78, 5) is 6.51. The van der Waals surface area contributed by atoms with Gasteiger partial charge < -0.3 is 4.90 Å². The maximum Gasteiger partial charge on any atom is 0.160 e. The van der Waals surface area contributed by atoms with E-state index in [0.29, 0.717) is 11.5 Å². The van der Waals surface area contributed by atoms with Gasteiger partial charge in [-0.1, -0.05) is 11.6 Å². The van der Waals surface area contributed by atoms with Gasteiger partial charge in [0.2, 0.25) is 0 Å². The Hall–Kier alpha value is -0.130. The highest BCUT2D eigenvalue weighted by molar-refractivity contribution is 14.2. The van der Waals surface area contributed by atoms with Crippen LogP contribution in [-0.4, -0.2) is 27.6 Å². The standard InChI is InChI=1S/C10H11ClIN4P/c11-9-5-8-7(6-13-9)10(14-16(8)17-12)15-3-1-2-4-15/h5-6,17H,1-4H2. The zero-order chi connectivity index (χ0) is 11.8. The first-order chi connectivity index (χ1) is 8.29. The molecule has 3 heterocycles. The summed E-state index contributed by atoms with van der Waals surface area (Å²) in [6, 6.07) is 1.90. The van der Waals surface area contributed by atoms with Crippen molar-refractivity contribution >= 4 is 56.7 Å². The summed E-state index contributed by atoms with van der Waals surface area (Å²) < 4.78 is 2.01. The second kappa shape index (κ2) is 4.86. The second-order valence-electron chi connectivity index (χ2n) is 4.04. The van der Waals surface area contributed by atoms with Crippen LogP contribution in [0.3, 0.4) is 0 Å². The van der Waals surface area contributed by atoms with Gasteiger partial charge in [0.1, 0.15) is 5.15 Å². The number of fused-ring (bicyclic) bond motifs is 1. The highest BCUT2D eigenvalue weighted by atomic mass is 127. The van der Waals surface area contributed by atoms with Crippen LogP contribution in [-0.2, 0) is 0 Å². The van der Waals surface area contributed by atoms with Gasteiger partial charge in [-0.05, 0) is 34.9 Å². The molecule has 1 atom stereocenters. The van der Waals surface area contributed by atoms with Crippen LogP contribution in [0, 0.1) is 0 Å². The van der Waals surface area contributed by atoms with E-state index >= 15 is 0 Å². The molecule has 0 aromatic carbocycles. The number of aromatic nitrogens is 3. The molecule has 0 amide bonds. The summed E-state index contributed by atoms with van der Waals surface area (Å²) in [6.45, 7) is 2.19. The van der Waals surface area contributed by atoms with Gasteiger partial charge >= 0.3 is 0 Å². The van der Waals surface area contributed by atoms with Crippen molar-refractivity contribution in [3.63, 3.8) is 0 Å². The summed E-state index contributed by atoms with van der Waals surface area (Å²) in [6.07, 6.45) is 4.92. The lowest BCUT2D eigenvalue weighted by atomic mass is 10.3. The Kier molecular flexibility index (Phi) is 3.41. The number of nitrogens with zero attached hydrogens (tertiary/aromatic N) is 4. The maximum atomic E-state index is 5.95. The molecule has 2 aromatic heterocycles. The average molecular weight is 381 g/mol. The largest absolute Gasteiger partial charge is 0.355 e. The van der Waals surface area contributed by atoms with Crippen molar-refractivity contribution in [2.75, 3.05) is 18.0 Å². The van der Waals surface area contributed by atoms with E-state index in [0.717, 1.165) is 29.8 Å². The highest BCUT2D eigenvalue weighted by Crippen LogP contribution is 2.35. The first-order valence-corrected chi connectivity index (χ1v) is 9.89. The van der Waals surface area contributed by atoms with E-state index in [2.05, 4.69) is 37.0 Å². The third-order valence-corrected chi connectivity index (χ3v) is 5.08. The summed E-state index contributed by atoms with van der Waals surface area (Å²) >= 11 is 8.29. The predicted octanol–water partition coefficient (Wildman–Crippen LogP) is 3.48. The van der Waals surface area contributed by atoms with Gasteiger partial charge in [0.05, 0.1) is 17.3 Å². The molecule has 17 heavy (non-hydrogen) atoms. The van der Waals surface area contributed by atoms with Gasteiger partial charge in [-0.3, -0.25) is 0 Å². The van der Waals surface area contributed by atoms with E-state index in [4.69, 9.17) is 11.6 Å². The molecule has 1 unspecified atom stereocenters. The van der Waals surface area contributed by atoms with E-state index in [9.17, 15) is 0 Å². The lowest BCUT2D eigenvalue weighted by molar-refractivity contribution is 0.911. The van der Waals surface area contributed by atoms with Crippen LogP contribution in [0.1, 0.15) is 12.8 Å². The molecule has 4 nitrogen and oxygen atoms in total. The minimum atomic E-state index is 0.529. The summed E-state index contributed by atoms with van der Waals surface area (Å²) in [7, 11) is 0. The Labute approximate surface area is 119 Å². The van der Waals surface area contributed by atoms with Crippen molar-refractivity contribution in [1.82, 2.24) is 14.5 Å². The molecule has 0 bridgehead atoms. The molecule has 0 N–H and O–H groups in total. The Morgan fingerprint density at radius 2 is 2.12 bits per heavy atom. The van der Waals surface area contributed by atoms with Crippen LogP contribution in [0.2, 0.25) is 5.15 Å². The normalized spacial score (nSPS) is 16.7. The molecular weight excluding hydrogens is 369 g/mol. The minimum absolute atomic E-state index is 0.529. The molecule has 1 aliphatic rings. The Morgan fingerprint density at radius 1 is 1.35 bits per heavy atom. The van der Waals surface area contributed by atoms with Crippen molar-refractivity contribution in [2.45, 2.75) is 12.8 Å². The molecule has 3 rings (SSSR count). The number of anilines is 1. The fourth-order valence-electron chi connectivity index (χ4n) is 2.20. The first kappa shape index (κ1) is 11.9. The van der Waals surface area contributed by atoms with Crippen LogP contribution in [0.25, 0.3) is 10.9 Å². The monoisotopic (exact) mass is 380 g/mol. The molecular formula is C10H11ClIN4P. The molecule has 90 valence electrons. The van der Waals surface area contributed by atoms with Crippen LogP contribution in [0.5, 0.6) is 0 Å². The van der Waals surface area contributed by atoms with Crippen LogP contribution in [0.15, 0.2) is 12.3 Å².